The molecule has 1 saturated heterocycles. The number of carbonyl (C=O) groups is 2. The average Bonchev–Trinajstić information content (AvgIpc) is 3.51. The summed E-state index contributed by atoms with van der Waals surface area (Å²) in [4.78, 5) is 34.0. The second kappa shape index (κ2) is 10.1. The molecule has 2 aliphatic rings. The molecule has 0 spiro atoms. The molecule has 9 heteroatoms. The van der Waals surface area contributed by atoms with Crippen molar-refractivity contribution >= 4 is 55.6 Å². The van der Waals surface area contributed by atoms with Gasteiger partial charge in [0.1, 0.15) is 0 Å². The van der Waals surface area contributed by atoms with E-state index in [1.54, 1.807) is 18.3 Å². The smallest absolute Gasteiger partial charge is 0.339 e. The first-order chi connectivity index (χ1) is 17.4. The molecule has 2 aromatic heterocycles. The number of hydrogen-bond donors (Lipinski definition) is 0. The number of sulfone groups is 1. The third-order valence-corrected chi connectivity index (χ3v) is 9.44. The van der Waals surface area contributed by atoms with Crippen molar-refractivity contribution in [2.45, 2.75) is 38.6 Å². The second-order valence-electron chi connectivity index (χ2n) is 9.18. The Kier molecular flexibility index (Phi) is 6.94. The van der Waals surface area contributed by atoms with Crippen LogP contribution >= 0.6 is 11.3 Å². The van der Waals surface area contributed by atoms with Crippen molar-refractivity contribution in [3.05, 3.63) is 63.5 Å². The minimum atomic E-state index is -3.13. The summed E-state index contributed by atoms with van der Waals surface area (Å²) >= 11 is 1.66. The first-order valence-corrected chi connectivity index (χ1v) is 14.9. The molecule has 1 aliphatic heterocycles. The Bertz CT molecular complexity index is 1440. The Balaban J connectivity index is 1.44. The first kappa shape index (κ1) is 24.6. The zero-order valence-corrected chi connectivity index (χ0v) is 21.7. The van der Waals surface area contributed by atoms with Crippen LogP contribution in [-0.4, -0.2) is 60.9 Å². The van der Waals surface area contributed by atoms with Gasteiger partial charge in [0, 0.05) is 22.8 Å². The van der Waals surface area contributed by atoms with Crippen LogP contribution < -0.4 is 0 Å². The lowest BCUT2D eigenvalue weighted by Crippen LogP contribution is -2.43. The molecule has 0 N–H and O–H groups in total. The van der Waals surface area contributed by atoms with Crippen molar-refractivity contribution < 1.29 is 22.7 Å². The fraction of sp³-hybridized carbons (Fsp3) is 0.370. The number of benzene rings is 1. The van der Waals surface area contributed by atoms with E-state index in [0.29, 0.717) is 35.9 Å². The van der Waals surface area contributed by atoms with E-state index in [1.807, 2.05) is 35.7 Å². The minimum Gasteiger partial charge on any atom is -0.452 e. The quantitative estimate of drug-likeness (QED) is 0.445. The van der Waals surface area contributed by atoms with Gasteiger partial charge in [-0.3, -0.25) is 4.79 Å². The summed E-state index contributed by atoms with van der Waals surface area (Å²) < 4.78 is 29.4. The number of likely N-dealkylation sites (N-methyl/N-ethyl adjacent to an activating group) is 1. The van der Waals surface area contributed by atoms with Gasteiger partial charge in [-0.2, -0.15) is 0 Å². The number of hydrogen-bond acceptors (Lipinski definition) is 7. The Morgan fingerprint density at radius 2 is 2.03 bits per heavy atom. The van der Waals surface area contributed by atoms with Gasteiger partial charge in [0.25, 0.3) is 5.91 Å². The molecular weight excluding hydrogens is 496 g/mol. The summed E-state index contributed by atoms with van der Waals surface area (Å²) in [5.41, 5.74) is 3.94. The first-order valence-electron chi connectivity index (χ1n) is 12.2. The lowest BCUT2D eigenvalue weighted by molar-refractivity contribution is -0.136. The lowest BCUT2D eigenvalue weighted by Gasteiger charge is -2.27. The number of thiophene rings is 1. The van der Waals surface area contributed by atoms with Gasteiger partial charge in [0.15, 0.2) is 16.4 Å². The van der Waals surface area contributed by atoms with Gasteiger partial charge >= 0.3 is 5.97 Å². The summed E-state index contributed by atoms with van der Waals surface area (Å²) in [5.74, 6) is -0.885. The molecule has 1 atom stereocenters. The summed E-state index contributed by atoms with van der Waals surface area (Å²) in [6.07, 6.45) is 5.02. The van der Waals surface area contributed by atoms with Crippen LogP contribution in [0.5, 0.6) is 0 Å². The third kappa shape index (κ3) is 4.95. The van der Waals surface area contributed by atoms with E-state index in [-0.39, 0.29) is 23.5 Å². The standard InChI is InChI=1S/C27H28N2O5S2/c1-2-29(19-12-14-36(32,33)17-19)24(30)16-34-27(31)25-21-9-3-4-11-23(21)28-26-18(7-5-10-22(25)26)15-20-8-6-13-35-20/h3-4,6,8-9,11,13,15,19H,2,5,7,10,12,14,16-17H2,1H3/b18-15+. The van der Waals surface area contributed by atoms with Crippen LogP contribution in [0.2, 0.25) is 0 Å². The number of amides is 1. The second-order valence-corrected chi connectivity index (χ2v) is 12.4. The van der Waals surface area contributed by atoms with Gasteiger partial charge in [0.05, 0.1) is 28.3 Å². The molecule has 0 radical (unpaired) electrons. The van der Waals surface area contributed by atoms with Crippen LogP contribution in [0.15, 0.2) is 41.8 Å². The Hall–Kier alpha value is -3.04. The molecule has 36 heavy (non-hydrogen) atoms. The van der Waals surface area contributed by atoms with Crippen LogP contribution in [0.3, 0.4) is 0 Å². The number of pyridine rings is 1. The zero-order valence-electron chi connectivity index (χ0n) is 20.1. The fourth-order valence-corrected chi connectivity index (χ4v) is 7.61. The van der Waals surface area contributed by atoms with Crippen LogP contribution in [0.4, 0.5) is 0 Å². The Morgan fingerprint density at radius 1 is 1.19 bits per heavy atom. The van der Waals surface area contributed by atoms with Crippen molar-refractivity contribution in [2.24, 2.45) is 0 Å². The molecule has 1 aliphatic carbocycles. The molecule has 188 valence electrons. The molecule has 3 heterocycles. The number of nitrogens with zero attached hydrogens (tertiary/aromatic N) is 2. The number of fused-ring (bicyclic) bond motifs is 2. The summed E-state index contributed by atoms with van der Waals surface area (Å²) in [5, 5.41) is 2.74. The van der Waals surface area contributed by atoms with Gasteiger partial charge in [0.2, 0.25) is 0 Å². The predicted octanol–water partition coefficient (Wildman–Crippen LogP) is 4.37. The molecule has 5 rings (SSSR count). The van der Waals surface area contributed by atoms with E-state index in [0.717, 1.165) is 34.5 Å². The summed E-state index contributed by atoms with van der Waals surface area (Å²) in [6.45, 7) is 1.74. The van der Waals surface area contributed by atoms with Crippen molar-refractivity contribution in [3.8, 4) is 0 Å². The zero-order chi connectivity index (χ0) is 25.3. The van der Waals surface area contributed by atoms with Crippen molar-refractivity contribution in [1.29, 1.82) is 0 Å². The highest BCUT2D eigenvalue weighted by atomic mass is 32.2. The van der Waals surface area contributed by atoms with E-state index < -0.39 is 22.4 Å². The highest BCUT2D eigenvalue weighted by Crippen LogP contribution is 2.37. The molecule has 3 aromatic rings. The number of aromatic nitrogens is 1. The van der Waals surface area contributed by atoms with E-state index in [9.17, 15) is 18.0 Å². The lowest BCUT2D eigenvalue weighted by atomic mass is 9.86. The molecule has 1 amide bonds. The minimum absolute atomic E-state index is 0.0393. The number of carbonyl (C=O) groups excluding carboxylic acids is 2. The molecular formula is C27H28N2O5S2. The molecule has 0 bridgehead atoms. The van der Waals surface area contributed by atoms with E-state index >= 15 is 0 Å². The van der Waals surface area contributed by atoms with Crippen LogP contribution in [0, 0.1) is 0 Å². The average molecular weight is 525 g/mol. The van der Waals surface area contributed by atoms with Crippen LogP contribution in [-0.2, 0) is 25.8 Å². The maximum atomic E-state index is 13.5. The summed E-state index contributed by atoms with van der Waals surface area (Å²) in [7, 11) is -3.13. The summed E-state index contributed by atoms with van der Waals surface area (Å²) in [6, 6.07) is 11.2. The number of esters is 1. The molecule has 1 fully saturated rings. The topological polar surface area (TPSA) is 93.6 Å². The molecule has 7 nitrogen and oxygen atoms in total. The van der Waals surface area contributed by atoms with Crippen LogP contribution in [0.25, 0.3) is 22.6 Å². The van der Waals surface area contributed by atoms with Gasteiger partial charge in [-0.25, -0.2) is 18.2 Å². The van der Waals surface area contributed by atoms with Gasteiger partial charge in [-0.05, 0) is 67.3 Å². The Morgan fingerprint density at radius 3 is 2.75 bits per heavy atom. The highest BCUT2D eigenvalue weighted by molar-refractivity contribution is 7.91. The monoisotopic (exact) mass is 524 g/mol. The van der Waals surface area contributed by atoms with E-state index in [2.05, 4.69) is 12.1 Å². The third-order valence-electron chi connectivity index (χ3n) is 6.87. The molecule has 1 aromatic carbocycles. The largest absolute Gasteiger partial charge is 0.452 e. The van der Waals surface area contributed by atoms with Crippen molar-refractivity contribution in [2.75, 3.05) is 24.7 Å². The number of para-hydroxylation sites is 1. The number of ether oxygens (including phenoxy) is 1. The molecule has 0 saturated carbocycles. The van der Waals surface area contributed by atoms with Gasteiger partial charge < -0.3 is 9.64 Å². The predicted molar refractivity (Wildman–Crippen MR) is 142 cm³/mol. The highest BCUT2D eigenvalue weighted by Gasteiger charge is 2.34. The maximum absolute atomic E-state index is 13.5. The fourth-order valence-electron chi connectivity index (χ4n) is 5.20. The van der Waals surface area contributed by atoms with E-state index in [4.69, 9.17) is 9.72 Å². The number of rotatable bonds is 6. The Labute approximate surface area is 214 Å². The number of allylic oxidation sites excluding steroid dienone is 1. The van der Waals surface area contributed by atoms with Gasteiger partial charge in [-0.15, -0.1) is 11.3 Å². The SMILES string of the molecule is CCN(C(=O)COC(=O)c1c2c(nc3ccccc13)/C(=C/c1cccs1)CCC2)C1CCS(=O)(=O)C1. The van der Waals surface area contributed by atoms with Crippen LogP contribution in [0.1, 0.15) is 52.7 Å². The molecule has 1 unspecified atom stereocenters. The maximum Gasteiger partial charge on any atom is 0.339 e. The normalized spacial score (nSPS) is 19.8. The van der Waals surface area contributed by atoms with E-state index in [1.165, 1.54) is 4.90 Å². The van der Waals surface area contributed by atoms with Gasteiger partial charge in [-0.1, -0.05) is 24.3 Å². The van der Waals surface area contributed by atoms with Crippen molar-refractivity contribution in [3.63, 3.8) is 0 Å². The van der Waals surface area contributed by atoms with Crippen molar-refractivity contribution in [1.82, 2.24) is 9.88 Å².